The second-order valence-electron chi connectivity index (χ2n) is 8.03. The molecule has 5 rings (SSSR count). The minimum atomic E-state index is -3.16. The normalized spacial score (nSPS) is 26.4. The van der Waals surface area contributed by atoms with Gasteiger partial charge in [-0.25, -0.2) is 23.1 Å². The number of H-pyrrole nitrogens is 1. The van der Waals surface area contributed by atoms with Crippen molar-refractivity contribution in [2.24, 2.45) is 5.92 Å². The van der Waals surface area contributed by atoms with Crippen molar-refractivity contribution < 1.29 is 8.42 Å². The average molecular weight is 388 g/mol. The lowest BCUT2D eigenvalue weighted by atomic mass is 10.00. The molecular weight excluding hydrogens is 362 g/mol. The molecule has 0 bridgehead atoms. The van der Waals surface area contributed by atoms with Gasteiger partial charge in [0.25, 0.3) is 0 Å². The Kier molecular flexibility index (Phi) is 3.84. The Balaban J connectivity index is 1.55. The van der Waals surface area contributed by atoms with Crippen molar-refractivity contribution in [3.63, 3.8) is 0 Å². The lowest BCUT2D eigenvalue weighted by molar-refractivity contribution is 0.372. The fourth-order valence-corrected chi connectivity index (χ4v) is 6.38. The van der Waals surface area contributed by atoms with E-state index in [-0.39, 0.29) is 17.3 Å². The molecule has 3 heterocycles. The van der Waals surface area contributed by atoms with Crippen molar-refractivity contribution in [2.75, 3.05) is 0 Å². The van der Waals surface area contributed by atoms with E-state index in [1.807, 2.05) is 25.4 Å². The van der Waals surface area contributed by atoms with Crippen LogP contribution in [0.15, 0.2) is 18.5 Å². The van der Waals surface area contributed by atoms with Gasteiger partial charge in [-0.3, -0.25) is 0 Å². The molecular formula is C19H25N5O2S. The first-order chi connectivity index (χ1) is 13.0. The highest BCUT2D eigenvalue weighted by molar-refractivity contribution is 7.90. The highest BCUT2D eigenvalue weighted by Crippen LogP contribution is 2.42. The third-order valence-corrected chi connectivity index (χ3v) is 8.23. The molecule has 0 aromatic carbocycles. The maximum atomic E-state index is 12.4. The summed E-state index contributed by atoms with van der Waals surface area (Å²) in [5, 5.41) is 0.906. The van der Waals surface area contributed by atoms with Gasteiger partial charge in [0, 0.05) is 23.7 Å². The molecule has 2 fully saturated rings. The highest BCUT2D eigenvalue weighted by Gasteiger charge is 2.41. The van der Waals surface area contributed by atoms with Crippen LogP contribution in [-0.2, 0) is 10.0 Å². The SMILES string of the molecule is CC[C@@H]1CC(NS(=O)(=O)C2CC2)C[C@@H]1n1c(C)nc2cnc3[nH]ccc3c21. The Hall–Kier alpha value is -1.93. The third-order valence-electron chi connectivity index (χ3n) is 6.22. The number of nitrogens with one attached hydrogen (secondary N) is 2. The Morgan fingerprint density at radius 2 is 2.15 bits per heavy atom. The van der Waals surface area contributed by atoms with E-state index in [2.05, 4.69) is 26.2 Å². The van der Waals surface area contributed by atoms with Crippen molar-refractivity contribution >= 4 is 32.1 Å². The van der Waals surface area contributed by atoms with Crippen LogP contribution in [0.3, 0.4) is 0 Å². The Labute approximate surface area is 158 Å². The van der Waals surface area contributed by atoms with Gasteiger partial charge in [-0.05, 0) is 44.6 Å². The first kappa shape index (κ1) is 17.2. The smallest absolute Gasteiger partial charge is 0.214 e. The van der Waals surface area contributed by atoms with Crippen molar-refractivity contribution in [1.82, 2.24) is 24.2 Å². The van der Waals surface area contributed by atoms with Gasteiger partial charge < -0.3 is 9.55 Å². The van der Waals surface area contributed by atoms with E-state index in [0.717, 1.165) is 60.0 Å². The number of aromatic amines is 1. The van der Waals surface area contributed by atoms with Crippen LogP contribution >= 0.6 is 0 Å². The molecule has 27 heavy (non-hydrogen) atoms. The second-order valence-corrected chi connectivity index (χ2v) is 10.0. The van der Waals surface area contributed by atoms with Gasteiger partial charge in [-0.2, -0.15) is 0 Å². The number of aryl methyl sites for hydroxylation is 1. The number of imidazole rings is 1. The van der Waals surface area contributed by atoms with Crippen molar-refractivity contribution in [3.8, 4) is 0 Å². The summed E-state index contributed by atoms with van der Waals surface area (Å²) in [6.45, 7) is 4.23. The molecule has 144 valence electrons. The summed E-state index contributed by atoms with van der Waals surface area (Å²) >= 11 is 0. The number of sulfonamides is 1. The Bertz CT molecular complexity index is 1110. The summed E-state index contributed by atoms with van der Waals surface area (Å²) in [7, 11) is -3.16. The summed E-state index contributed by atoms with van der Waals surface area (Å²) < 4.78 is 30.1. The Morgan fingerprint density at radius 3 is 2.89 bits per heavy atom. The van der Waals surface area contributed by atoms with E-state index >= 15 is 0 Å². The summed E-state index contributed by atoms with van der Waals surface area (Å²) in [6.07, 6.45) is 8.04. The van der Waals surface area contributed by atoms with E-state index in [1.165, 1.54) is 0 Å². The van der Waals surface area contributed by atoms with Gasteiger partial charge in [0.05, 0.1) is 17.0 Å². The van der Waals surface area contributed by atoms with Gasteiger partial charge in [-0.15, -0.1) is 0 Å². The van der Waals surface area contributed by atoms with E-state index in [9.17, 15) is 8.42 Å². The third kappa shape index (κ3) is 2.77. The number of aromatic nitrogens is 4. The first-order valence-electron chi connectivity index (χ1n) is 9.79. The number of hydrogen-bond donors (Lipinski definition) is 2. The van der Waals surface area contributed by atoms with Gasteiger partial charge >= 0.3 is 0 Å². The zero-order valence-electron chi connectivity index (χ0n) is 15.6. The van der Waals surface area contributed by atoms with Gasteiger partial charge in [0.2, 0.25) is 10.0 Å². The molecule has 0 aliphatic heterocycles. The molecule has 2 aliphatic carbocycles. The molecule has 3 aromatic heterocycles. The minimum absolute atomic E-state index is 0.00551. The Morgan fingerprint density at radius 1 is 1.33 bits per heavy atom. The van der Waals surface area contributed by atoms with Crippen LogP contribution in [0.4, 0.5) is 0 Å². The molecule has 0 saturated heterocycles. The van der Waals surface area contributed by atoms with Gasteiger partial charge in [-0.1, -0.05) is 13.3 Å². The van der Waals surface area contributed by atoms with Gasteiger partial charge in [0.1, 0.15) is 17.0 Å². The fourth-order valence-electron chi connectivity index (χ4n) is 4.77. The average Bonchev–Trinajstić information content (AvgIpc) is 3.13. The molecule has 8 heteroatoms. The minimum Gasteiger partial charge on any atom is -0.346 e. The largest absolute Gasteiger partial charge is 0.346 e. The molecule has 0 spiro atoms. The molecule has 3 atom stereocenters. The predicted molar refractivity (Wildman–Crippen MR) is 105 cm³/mol. The summed E-state index contributed by atoms with van der Waals surface area (Å²) in [4.78, 5) is 12.4. The predicted octanol–water partition coefficient (Wildman–Crippen LogP) is 3.03. The lowest BCUT2D eigenvalue weighted by Crippen LogP contribution is -2.35. The van der Waals surface area contributed by atoms with Crippen LogP contribution in [0, 0.1) is 12.8 Å². The van der Waals surface area contributed by atoms with Crippen LogP contribution < -0.4 is 4.72 Å². The van der Waals surface area contributed by atoms with E-state index in [4.69, 9.17) is 4.98 Å². The topological polar surface area (TPSA) is 92.7 Å². The van der Waals surface area contributed by atoms with Gasteiger partial charge in [0.15, 0.2) is 0 Å². The summed E-state index contributed by atoms with van der Waals surface area (Å²) in [5.74, 6) is 1.39. The quantitative estimate of drug-likeness (QED) is 0.704. The first-order valence-corrected chi connectivity index (χ1v) is 11.3. The molecule has 3 aromatic rings. The number of hydrogen-bond acceptors (Lipinski definition) is 4. The molecule has 0 radical (unpaired) electrons. The molecule has 2 N–H and O–H groups in total. The number of rotatable bonds is 5. The molecule has 1 unspecified atom stereocenters. The fraction of sp³-hybridized carbons (Fsp3) is 0.579. The molecule has 2 saturated carbocycles. The number of fused-ring (bicyclic) bond motifs is 3. The van der Waals surface area contributed by atoms with Crippen molar-refractivity contribution in [1.29, 1.82) is 0 Å². The van der Waals surface area contributed by atoms with E-state index in [1.54, 1.807) is 0 Å². The molecule has 0 amide bonds. The lowest BCUT2D eigenvalue weighted by Gasteiger charge is -2.22. The zero-order chi connectivity index (χ0) is 18.8. The van der Waals surface area contributed by atoms with Crippen LogP contribution in [0.2, 0.25) is 0 Å². The van der Waals surface area contributed by atoms with E-state index in [0.29, 0.717) is 5.92 Å². The van der Waals surface area contributed by atoms with Crippen LogP contribution in [0.25, 0.3) is 22.1 Å². The van der Waals surface area contributed by atoms with Crippen molar-refractivity contribution in [2.45, 2.75) is 63.3 Å². The van der Waals surface area contributed by atoms with Crippen molar-refractivity contribution in [3.05, 3.63) is 24.3 Å². The maximum absolute atomic E-state index is 12.4. The second kappa shape index (κ2) is 6.04. The van der Waals surface area contributed by atoms with Crippen LogP contribution in [-0.4, -0.2) is 39.2 Å². The maximum Gasteiger partial charge on any atom is 0.214 e. The standard InChI is InChI=1S/C19H25N5O2S/c1-3-12-8-13(23-27(25,26)14-4-5-14)9-17(12)24-11(2)22-16-10-21-19-15(18(16)24)6-7-20-19/h6-7,10,12-14,17,23H,3-5,8-9H2,1-2H3,(H,20,21)/t12-,13?,17+/m1/s1. The van der Waals surface area contributed by atoms with Crippen LogP contribution in [0.5, 0.6) is 0 Å². The van der Waals surface area contributed by atoms with Crippen LogP contribution in [0.1, 0.15) is 50.9 Å². The zero-order valence-corrected chi connectivity index (χ0v) is 16.5. The number of nitrogens with zero attached hydrogens (tertiary/aromatic N) is 3. The molecule has 2 aliphatic rings. The van der Waals surface area contributed by atoms with E-state index < -0.39 is 10.0 Å². The highest BCUT2D eigenvalue weighted by atomic mass is 32.2. The summed E-state index contributed by atoms with van der Waals surface area (Å²) in [6, 6.07) is 2.30. The molecule has 7 nitrogen and oxygen atoms in total. The number of pyridine rings is 1. The summed E-state index contributed by atoms with van der Waals surface area (Å²) in [5.41, 5.74) is 2.87. The monoisotopic (exact) mass is 387 g/mol.